The molecule has 0 unspecified atom stereocenters. The molecule has 1 N–H and O–H groups in total. The van der Waals surface area contributed by atoms with Crippen LogP contribution in [0.25, 0.3) is 0 Å². The van der Waals surface area contributed by atoms with E-state index in [1.54, 1.807) is 18.5 Å². The first kappa shape index (κ1) is 18.2. The van der Waals surface area contributed by atoms with Crippen molar-refractivity contribution in [3.8, 4) is 11.5 Å². The Morgan fingerprint density at radius 2 is 1.75 bits per heavy atom. The number of carbonyl (C=O) groups excluding carboxylic acids is 1. The lowest BCUT2D eigenvalue weighted by Crippen LogP contribution is -3.13. The highest BCUT2D eigenvalue weighted by atomic mass is 16.5. The van der Waals surface area contributed by atoms with E-state index in [-0.39, 0.29) is 5.91 Å². The first-order chi connectivity index (χ1) is 13.8. The van der Waals surface area contributed by atoms with Crippen LogP contribution in [0.1, 0.15) is 15.9 Å². The number of aromatic nitrogens is 1. The molecule has 0 saturated carbocycles. The quantitative estimate of drug-likeness (QED) is 0.746. The smallest absolute Gasteiger partial charge is 0.255 e. The summed E-state index contributed by atoms with van der Waals surface area (Å²) in [6.07, 6.45) is 3.33. The number of rotatable bonds is 5. The molecular formula is C23H24N3O2+. The summed E-state index contributed by atoms with van der Waals surface area (Å²) in [4.78, 5) is 20.0. The minimum atomic E-state index is 0.0745. The molecule has 142 valence electrons. The van der Waals surface area contributed by atoms with Crippen molar-refractivity contribution >= 4 is 5.91 Å². The third kappa shape index (κ3) is 4.56. The van der Waals surface area contributed by atoms with Crippen LogP contribution in [0.15, 0.2) is 79.1 Å². The average Bonchev–Trinajstić information content (AvgIpc) is 2.75. The minimum Gasteiger partial charge on any atom is -0.457 e. The molecule has 3 aromatic rings. The number of hydrogen-bond donors (Lipinski definition) is 1. The highest BCUT2D eigenvalue weighted by molar-refractivity contribution is 5.93. The van der Waals surface area contributed by atoms with Crippen LogP contribution in [-0.2, 0) is 6.54 Å². The lowest BCUT2D eigenvalue weighted by atomic mass is 10.1. The summed E-state index contributed by atoms with van der Waals surface area (Å²) in [6.45, 7) is 4.35. The van der Waals surface area contributed by atoms with Gasteiger partial charge in [-0.25, -0.2) is 0 Å². The predicted molar refractivity (Wildman–Crippen MR) is 107 cm³/mol. The van der Waals surface area contributed by atoms with Gasteiger partial charge < -0.3 is 14.5 Å². The number of pyridine rings is 1. The van der Waals surface area contributed by atoms with E-state index in [0.717, 1.165) is 44.2 Å². The Morgan fingerprint density at radius 3 is 2.50 bits per heavy atom. The van der Waals surface area contributed by atoms with E-state index < -0.39 is 0 Å². The molecule has 1 fully saturated rings. The van der Waals surface area contributed by atoms with Gasteiger partial charge in [-0.05, 0) is 36.4 Å². The van der Waals surface area contributed by atoms with Crippen molar-refractivity contribution in [1.29, 1.82) is 0 Å². The highest BCUT2D eigenvalue weighted by Crippen LogP contribution is 2.21. The molecular weight excluding hydrogens is 350 g/mol. The third-order valence-electron chi connectivity index (χ3n) is 5.00. The second kappa shape index (κ2) is 8.67. The van der Waals surface area contributed by atoms with E-state index in [1.807, 2.05) is 53.4 Å². The number of nitrogens with zero attached hydrogens (tertiary/aromatic N) is 2. The normalized spacial score (nSPS) is 14.6. The molecule has 2 heterocycles. The van der Waals surface area contributed by atoms with Crippen LogP contribution in [0.3, 0.4) is 0 Å². The fraction of sp³-hybridized carbons (Fsp3) is 0.217. The summed E-state index contributed by atoms with van der Waals surface area (Å²) in [5, 5.41) is 0. The van der Waals surface area contributed by atoms with Gasteiger partial charge in [-0.2, -0.15) is 0 Å². The molecule has 5 nitrogen and oxygen atoms in total. The Balaban J connectivity index is 1.32. The van der Waals surface area contributed by atoms with Crippen molar-refractivity contribution in [2.45, 2.75) is 6.54 Å². The third-order valence-corrected chi connectivity index (χ3v) is 5.00. The molecule has 2 aromatic carbocycles. The molecule has 0 radical (unpaired) electrons. The number of carbonyl (C=O) groups is 1. The maximum atomic E-state index is 12.5. The van der Waals surface area contributed by atoms with E-state index in [1.165, 1.54) is 10.5 Å². The van der Waals surface area contributed by atoms with Crippen LogP contribution >= 0.6 is 0 Å². The molecule has 1 aliphatic heterocycles. The van der Waals surface area contributed by atoms with Crippen LogP contribution in [0.2, 0.25) is 0 Å². The van der Waals surface area contributed by atoms with Crippen molar-refractivity contribution in [2.75, 3.05) is 26.2 Å². The summed E-state index contributed by atoms with van der Waals surface area (Å²) in [6, 6.07) is 21.7. The number of ether oxygens (including phenoxy) is 1. The second-order valence-corrected chi connectivity index (χ2v) is 7.02. The number of quaternary nitrogens is 1. The molecule has 1 saturated heterocycles. The zero-order valence-corrected chi connectivity index (χ0v) is 15.8. The zero-order chi connectivity index (χ0) is 19.2. The Morgan fingerprint density at radius 1 is 0.964 bits per heavy atom. The number of hydrogen-bond acceptors (Lipinski definition) is 3. The fourth-order valence-corrected chi connectivity index (χ4v) is 3.51. The molecule has 1 amide bonds. The number of nitrogens with one attached hydrogen (secondary N) is 1. The standard InChI is InChI=1S/C23H23N3O2/c27-23(20-7-5-11-24-17-20)26-14-12-25(13-15-26)18-19-6-4-10-22(16-19)28-21-8-2-1-3-9-21/h1-11,16-17H,12-15,18H2/p+1. The number of para-hydroxylation sites is 1. The molecule has 0 atom stereocenters. The predicted octanol–water partition coefficient (Wildman–Crippen LogP) is 2.41. The Labute approximate surface area is 165 Å². The minimum absolute atomic E-state index is 0.0745. The first-order valence-corrected chi connectivity index (χ1v) is 9.63. The highest BCUT2D eigenvalue weighted by Gasteiger charge is 2.24. The number of amides is 1. The molecule has 1 aromatic heterocycles. The number of piperazine rings is 1. The monoisotopic (exact) mass is 374 g/mol. The van der Waals surface area contributed by atoms with Crippen LogP contribution in [0, 0.1) is 0 Å². The van der Waals surface area contributed by atoms with Gasteiger partial charge in [-0.1, -0.05) is 30.3 Å². The van der Waals surface area contributed by atoms with Gasteiger partial charge in [0, 0.05) is 18.0 Å². The van der Waals surface area contributed by atoms with Gasteiger partial charge in [-0.3, -0.25) is 9.78 Å². The zero-order valence-electron chi connectivity index (χ0n) is 15.8. The maximum Gasteiger partial charge on any atom is 0.255 e. The fourth-order valence-electron chi connectivity index (χ4n) is 3.51. The summed E-state index contributed by atoms with van der Waals surface area (Å²) in [5.74, 6) is 1.77. The molecule has 28 heavy (non-hydrogen) atoms. The van der Waals surface area contributed by atoms with Crippen LogP contribution < -0.4 is 9.64 Å². The van der Waals surface area contributed by atoms with Crippen molar-refractivity contribution in [3.63, 3.8) is 0 Å². The summed E-state index contributed by atoms with van der Waals surface area (Å²) in [5.41, 5.74) is 1.91. The van der Waals surface area contributed by atoms with Gasteiger partial charge in [0.2, 0.25) is 0 Å². The second-order valence-electron chi connectivity index (χ2n) is 7.02. The van der Waals surface area contributed by atoms with Crippen molar-refractivity contribution in [2.24, 2.45) is 0 Å². The maximum absolute atomic E-state index is 12.5. The van der Waals surface area contributed by atoms with Gasteiger partial charge in [0.1, 0.15) is 18.0 Å². The molecule has 0 bridgehead atoms. The van der Waals surface area contributed by atoms with Gasteiger partial charge in [-0.15, -0.1) is 0 Å². The molecule has 5 heteroatoms. The topological polar surface area (TPSA) is 46.9 Å². The first-order valence-electron chi connectivity index (χ1n) is 9.63. The van der Waals surface area contributed by atoms with E-state index in [0.29, 0.717) is 5.56 Å². The molecule has 1 aliphatic rings. The lowest BCUT2D eigenvalue weighted by Gasteiger charge is -2.32. The summed E-state index contributed by atoms with van der Waals surface area (Å²) < 4.78 is 5.94. The van der Waals surface area contributed by atoms with E-state index in [9.17, 15) is 4.79 Å². The number of benzene rings is 2. The van der Waals surface area contributed by atoms with Crippen LogP contribution in [-0.4, -0.2) is 42.0 Å². The van der Waals surface area contributed by atoms with Crippen molar-refractivity contribution < 1.29 is 14.4 Å². The van der Waals surface area contributed by atoms with E-state index >= 15 is 0 Å². The molecule has 4 rings (SSSR count). The molecule has 0 spiro atoms. The largest absolute Gasteiger partial charge is 0.457 e. The van der Waals surface area contributed by atoms with Gasteiger partial charge in [0.05, 0.1) is 31.7 Å². The van der Waals surface area contributed by atoms with E-state index in [4.69, 9.17) is 4.74 Å². The Bertz CT molecular complexity index is 907. The Kier molecular flexibility index (Phi) is 5.64. The lowest BCUT2D eigenvalue weighted by molar-refractivity contribution is -0.917. The SMILES string of the molecule is O=C(c1cccnc1)N1CC[NH+](Cc2cccc(Oc3ccccc3)c2)CC1. The summed E-state index contributed by atoms with van der Waals surface area (Å²) in [7, 11) is 0. The average molecular weight is 374 g/mol. The Hall–Kier alpha value is -3.18. The molecule has 0 aliphatic carbocycles. The van der Waals surface area contributed by atoms with Crippen LogP contribution in [0.4, 0.5) is 0 Å². The summed E-state index contributed by atoms with van der Waals surface area (Å²) >= 11 is 0. The van der Waals surface area contributed by atoms with Crippen molar-refractivity contribution in [1.82, 2.24) is 9.88 Å². The van der Waals surface area contributed by atoms with Crippen LogP contribution in [0.5, 0.6) is 11.5 Å². The van der Waals surface area contributed by atoms with Gasteiger partial charge >= 0.3 is 0 Å². The van der Waals surface area contributed by atoms with Crippen molar-refractivity contribution in [3.05, 3.63) is 90.3 Å². The van der Waals surface area contributed by atoms with Gasteiger partial charge in [0.25, 0.3) is 5.91 Å². The van der Waals surface area contributed by atoms with Gasteiger partial charge in [0.15, 0.2) is 0 Å². The van der Waals surface area contributed by atoms with E-state index in [2.05, 4.69) is 17.1 Å².